The predicted molar refractivity (Wildman–Crippen MR) is 273 cm³/mol. The van der Waals surface area contributed by atoms with Gasteiger partial charge in [0.15, 0.2) is 0 Å². The number of hydrogen-bond donors (Lipinski definition) is 3. The molecule has 6 heteroatoms. The van der Waals surface area contributed by atoms with Gasteiger partial charge in [-0.25, -0.2) is 0 Å². The van der Waals surface area contributed by atoms with Crippen molar-refractivity contribution in [1.29, 1.82) is 0 Å². The van der Waals surface area contributed by atoms with Crippen LogP contribution in [0, 0.1) is 0 Å². The van der Waals surface area contributed by atoms with Crippen LogP contribution in [-0.2, 0) is 14.3 Å². The van der Waals surface area contributed by atoms with Gasteiger partial charge in [-0.2, -0.15) is 0 Å². The highest BCUT2D eigenvalue weighted by Gasteiger charge is 2.24. The molecule has 372 valence electrons. The minimum atomic E-state index is -0.784. The molecule has 0 radical (unpaired) electrons. The molecular formula is C57H109NO5. The van der Waals surface area contributed by atoms with E-state index in [4.69, 9.17) is 4.74 Å². The first-order chi connectivity index (χ1) is 31.0. The Bertz CT molecular complexity index is 997. The zero-order valence-electron chi connectivity index (χ0n) is 42.5. The fourth-order valence-electron chi connectivity index (χ4n) is 8.76. The Morgan fingerprint density at radius 1 is 0.460 bits per heavy atom. The van der Waals surface area contributed by atoms with E-state index in [9.17, 15) is 19.8 Å². The number of ether oxygens (including phenoxy) is 1. The summed E-state index contributed by atoms with van der Waals surface area (Å²) >= 11 is 0. The van der Waals surface area contributed by atoms with Gasteiger partial charge in [0.2, 0.25) is 5.91 Å². The summed E-state index contributed by atoms with van der Waals surface area (Å²) in [4.78, 5) is 26.2. The average Bonchev–Trinajstić information content (AvgIpc) is 3.28. The molecule has 0 saturated heterocycles. The van der Waals surface area contributed by atoms with E-state index in [1.807, 2.05) is 0 Å². The minimum absolute atomic E-state index is 0.0804. The van der Waals surface area contributed by atoms with Gasteiger partial charge in [0.1, 0.15) is 6.10 Å². The third-order valence-corrected chi connectivity index (χ3v) is 13.0. The molecule has 6 nitrogen and oxygen atoms in total. The van der Waals surface area contributed by atoms with Crippen molar-refractivity contribution < 1.29 is 24.5 Å². The molecule has 0 aromatic rings. The summed E-state index contributed by atoms with van der Waals surface area (Å²) in [6.45, 7) is 6.48. The second-order valence-corrected chi connectivity index (χ2v) is 19.3. The van der Waals surface area contributed by atoms with E-state index in [0.717, 1.165) is 57.8 Å². The Morgan fingerprint density at radius 3 is 1.24 bits per heavy atom. The second-order valence-electron chi connectivity index (χ2n) is 19.3. The summed E-state index contributed by atoms with van der Waals surface area (Å²) in [7, 11) is 0. The Balaban J connectivity index is 4.54. The predicted octanol–water partition coefficient (Wildman–Crippen LogP) is 17.1. The maximum absolute atomic E-state index is 13.2. The van der Waals surface area contributed by atoms with Crippen molar-refractivity contribution in [3.8, 4) is 0 Å². The normalized spacial score (nSPS) is 13.3. The van der Waals surface area contributed by atoms with Gasteiger partial charge >= 0.3 is 5.97 Å². The maximum Gasteiger partial charge on any atom is 0.306 e. The molecule has 0 spiro atoms. The third kappa shape index (κ3) is 46.7. The lowest BCUT2D eigenvalue weighted by molar-refractivity contribution is -0.151. The molecule has 0 saturated carbocycles. The highest BCUT2D eigenvalue weighted by Crippen LogP contribution is 2.19. The molecule has 0 rings (SSSR count). The van der Waals surface area contributed by atoms with Crippen LogP contribution >= 0.6 is 0 Å². The van der Waals surface area contributed by atoms with E-state index in [1.54, 1.807) is 0 Å². The SMILES string of the molecule is CCCCC/C=C\C/C=C\CCCCCCCCCC(=O)OC(CCCCCCCCCCCCCCCCCC)CC(=O)NC(CO)C(O)CCCCCCCCCCCCC. The van der Waals surface area contributed by atoms with E-state index >= 15 is 0 Å². The van der Waals surface area contributed by atoms with Gasteiger partial charge in [0.05, 0.1) is 25.2 Å². The summed E-state index contributed by atoms with van der Waals surface area (Å²) in [5.74, 6) is -0.464. The Kier molecular flexibility index (Phi) is 50.0. The lowest BCUT2D eigenvalue weighted by atomic mass is 10.0. The highest BCUT2D eigenvalue weighted by molar-refractivity contribution is 5.77. The average molecular weight is 889 g/mol. The number of hydrogen-bond acceptors (Lipinski definition) is 5. The third-order valence-electron chi connectivity index (χ3n) is 13.0. The number of amides is 1. The van der Waals surface area contributed by atoms with E-state index in [1.165, 1.54) is 199 Å². The molecule has 0 aliphatic carbocycles. The van der Waals surface area contributed by atoms with Gasteiger partial charge in [-0.15, -0.1) is 0 Å². The number of nitrogens with one attached hydrogen (secondary N) is 1. The number of rotatable bonds is 51. The molecule has 0 bridgehead atoms. The van der Waals surface area contributed by atoms with Crippen LogP contribution < -0.4 is 5.32 Å². The van der Waals surface area contributed by atoms with Crippen molar-refractivity contribution in [2.75, 3.05) is 6.61 Å². The van der Waals surface area contributed by atoms with Gasteiger partial charge in [-0.3, -0.25) is 9.59 Å². The van der Waals surface area contributed by atoms with Crippen LogP contribution in [-0.4, -0.2) is 46.9 Å². The summed E-state index contributed by atoms with van der Waals surface area (Å²) in [6, 6.07) is -0.698. The summed E-state index contributed by atoms with van der Waals surface area (Å²) in [5.41, 5.74) is 0. The molecule has 1 amide bonds. The molecule has 0 aromatic carbocycles. The zero-order chi connectivity index (χ0) is 45.9. The first kappa shape index (κ1) is 61.3. The van der Waals surface area contributed by atoms with Crippen molar-refractivity contribution in [1.82, 2.24) is 5.32 Å². The van der Waals surface area contributed by atoms with Crippen molar-refractivity contribution in [3.05, 3.63) is 24.3 Å². The fraction of sp³-hybridized carbons (Fsp3) is 0.895. The maximum atomic E-state index is 13.2. The smallest absolute Gasteiger partial charge is 0.306 e. The molecule has 63 heavy (non-hydrogen) atoms. The summed E-state index contributed by atoms with van der Waals surface area (Å²) < 4.78 is 5.96. The van der Waals surface area contributed by atoms with Crippen molar-refractivity contribution in [2.24, 2.45) is 0 Å². The number of carbonyl (C=O) groups is 2. The van der Waals surface area contributed by atoms with Crippen LogP contribution in [0.3, 0.4) is 0 Å². The quantitative estimate of drug-likeness (QED) is 0.0321. The van der Waals surface area contributed by atoms with Gasteiger partial charge in [-0.1, -0.05) is 257 Å². The van der Waals surface area contributed by atoms with E-state index in [0.29, 0.717) is 19.3 Å². The molecule has 0 fully saturated rings. The molecule has 3 atom stereocenters. The molecule has 0 aliphatic heterocycles. The lowest BCUT2D eigenvalue weighted by Gasteiger charge is -2.24. The van der Waals surface area contributed by atoms with Crippen LogP contribution in [0.2, 0.25) is 0 Å². The van der Waals surface area contributed by atoms with Crippen LogP contribution in [0.4, 0.5) is 0 Å². The first-order valence-electron chi connectivity index (χ1n) is 28.1. The largest absolute Gasteiger partial charge is 0.462 e. The van der Waals surface area contributed by atoms with Crippen molar-refractivity contribution >= 4 is 11.9 Å². The number of carbonyl (C=O) groups excluding carboxylic acids is 2. The number of allylic oxidation sites excluding steroid dienone is 4. The van der Waals surface area contributed by atoms with E-state index in [-0.39, 0.29) is 24.9 Å². The van der Waals surface area contributed by atoms with Gasteiger partial charge in [0, 0.05) is 6.42 Å². The second kappa shape index (κ2) is 51.3. The standard InChI is InChI=1S/C57H109NO5/c1-4-7-10-13-16-19-22-24-26-28-30-32-35-38-41-44-47-50-57(62)63-53(48-45-42-39-36-34-31-29-27-25-23-20-17-14-11-8-5-2)51-56(61)58-54(52-59)55(60)49-46-43-40-37-33-21-18-15-12-9-6-3/h16,19,24,26,53-55,59-60H,4-15,17-18,20-23,25,27-52H2,1-3H3,(H,58,61)/b19-16-,26-24-. The first-order valence-corrected chi connectivity index (χ1v) is 28.1. The zero-order valence-corrected chi connectivity index (χ0v) is 42.5. The van der Waals surface area contributed by atoms with Crippen molar-refractivity contribution in [2.45, 2.75) is 322 Å². The Hall–Kier alpha value is -1.66. The van der Waals surface area contributed by atoms with E-state index in [2.05, 4.69) is 50.4 Å². The number of aliphatic hydroxyl groups is 2. The summed E-state index contributed by atoms with van der Waals surface area (Å²) in [6.07, 6.45) is 59.5. The molecule has 3 unspecified atom stereocenters. The fourth-order valence-corrected chi connectivity index (χ4v) is 8.76. The Morgan fingerprint density at radius 2 is 0.810 bits per heavy atom. The van der Waals surface area contributed by atoms with Crippen LogP contribution in [0.25, 0.3) is 0 Å². The molecule has 0 aliphatic rings. The van der Waals surface area contributed by atoms with Crippen LogP contribution in [0.5, 0.6) is 0 Å². The minimum Gasteiger partial charge on any atom is -0.462 e. The van der Waals surface area contributed by atoms with Crippen LogP contribution in [0.1, 0.15) is 303 Å². The van der Waals surface area contributed by atoms with Gasteiger partial charge < -0.3 is 20.3 Å². The van der Waals surface area contributed by atoms with Crippen LogP contribution in [0.15, 0.2) is 24.3 Å². The molecular weight excluding hydrogens is 779 g/mol. The molecule has 0 heterocycles. The summed E-state index contributed by atoms with van der Waals surface area (Å²) in [5, 5.41) is 23.8. The van der Waals surface area contributed by atoms with Crippen molar-refractivity contribution in [3.63, 3.8) is 0 Å². The number of unbranched alkanes of at least 4 members (excludes halogenated alkanes) is 35. The number of aliphatic hydroxyl groups excluding tert-OH is 2. The Labute approximate surface area is 392 Å². The topological polar surface area (TPSA) is 95.9 Å². The molecule has 3 N–H and O–H groups in total. The lowest BCUT2D eigenvalue weighted by Crippen LogP contribution is -2.46. The molecule has 0 aromatic heterocycles. The van der Waals surface area contributed by atoms with Gasteiger partial charge in [-0.05, 0) is 57.8 Å². The van der Waals surface area contributed by atoms with Gasteiger partial charge in [0.25, 0.3) is 0 Å². The monoisotopic (exact) mass is 888 g/mol. The number of esters is 1. The highest BCUT2D eigenvalue weighted by atomic mass is 16.5. The van der Waals surface area contributed by atoms with E-state index < -0.39 is 18.2 Å².